The van der Waals surface area contributed by atoms with Crippen LogP contribution in [-0.4, -0.2) is 24.1 Å². The van der Waals surface area contributed by atoms with Gasteiger partial charge in [-0.3, -0.25) is 4.79 Å². The van der Waals surface area contributed by atoms with E-state index in [1.165, 1.54) is 32.1 Å². The predicted octanol–water partition coefficient (Wildman–Crippen LogP) is 5.63. The van der Waals surface area contributed by atoms with E-state index in [1.54, 1.807) is 0 Å². The molecule has 4 bridgehead atoms. The van der Waals surface area contributed by atoms with Crippen molar-refractivity contribution in [3.8, 4) is 0 Å². The Morgan fingerprint density at radius 3 is 2.14 bits per heavy atom. The van der Waals surface area contributed by atoms with E-state index in [1.807, 2.05) is 34.6 Å². The monoisotopic (exact) mass is 406 g/mol. The summed E-state index contributed by atoms with van der Waals surface area (Å²) >= 11 is 0. The average Bonchev–Trinajstić information content (AvgIpc) is 3.46. The largest absolute Gasteiger partial charge is 0.457 e. The zero-order valence-electron chi connectivity index (χ0n) is 19.6. The molecule has 0 aliphatic heterocycles. The maximum Gasteiger partial charge on any atom is 0.344 e. The number of carbonyl (C=O) groups is 2. The lowest BCUT2D eigenvalue weighted by atomic mass is 9.64. The predicted molar refractivity (Wildman–Crippen MR) is 114 cm³/mol. The summed E-state index contributed by atoms with van der Waals surface area (Å²) in [5.74, 6) is 5.06. The number of ether oxygens (including phenoxy) is 2. The van der Waals surface area contributed by atoms with Gasteiger partial charge in [0.15, 0.2) is 6.61 Å². The highest BCUT2D eigenvalue weighted by molar-refractivity contribution is 5.79. The number of hydrogen-bond acceptors (Lipinski definition) is 4. The van der Waals surface area contributed by atoms with Gasteiger partial charge in [-0.25, -0.2) is 4.79 Å². The van der Waals surface area contributed by atoms with Crippen molar-refractivity contribution in [3.05, 3.63) is 0 Å². The second-order valence-electron chi connectivity index (χ2n) is 10.9. The first kappa shape index (κ1) is 22.6. The number of hydrogen-bond donors (Lipinski definition) is 0. The van der Waals surface area contributed by atoms with Crippen molar-refractivity contribution in [2.75, 3.05) is 6.61 Å². The first-order valence-corrected chi connectivity index (χ1v) is 12.0. The van der Waals surface area contributed by atoms with Crippen LogP contribution in [0, 0.1) is 46.8 Å². The second kappa shape index (κ2) is 8.23. The van der Waals surface area contributed by atoms with E-state index in [9.17, 15) is 9.59 Å². The van der Waals surface area contributed by atoms with E-state index in [0.717, 1.165) is 35.5 Å². The molecule has 4 fully saturated rings. The Balaban J connectivity index is 0.00000117. The van der Waals surface area contributed by atoms with Gasteiger partial charge in [0.05, 0.1) is 5.41 Å². The zero-order valence-corrected chi connectivity index (χ0v) is 19.6. The number of carbonyl (C=O) groups excluding carboxylic acids is 2. The molecule has 4 heteroatoms. The topological polar surface area (TPSA) is 52.6 Å². The molecule has 4 saturated carbocycles. The van der Waals surface area contributed by atoms with Gasteiger partial charge in [-0.05, 0) is 102 Å². The third-order valence-corrected chi connectivity index (χ3v) is 8.76. The summed E-state index contributed by atoms with van der Waals surface area (Å²) in [5, 5.41) is 0. The smallest absolute Gasteiger partial charge is 0.344 e. The Hall–Kier alpha value is -1.06. The van der Waals surface area contributed by atoms with Gasteiger partial charge in [0.25, 0.3) is 0 Å². The van der Waals surface area contributed by atoms with Crippen LogP contribution in [0.15, 0.2) is 0 Å². The van der Waals surface area contributed by atoms with Crippen molar-refractivity contribution in [1.29, 1.82) is 0 Å². The Kier molecular flexibility index (Phi) is 6.42. The van der Waals surface area contributed by atoms with Gasteiger partial charge in [0.2, 0.25) is 0 Å². The first-order chi connectivity index (χ1) is 13.6. The van der Waals surface area contributed by atoms with Gasteiger partial charge >= 0.3 is 11.9 Å². The first-order valence-electron chi connectivity index (χ1n) is 12.0. The minimum atomic E-state index is -0.558. The molecule has 4 aliphatic rings. The van der Waals surface area contributed by atoms with E-state index >= 15 is 0 Å². The molecule has 0 spiro atoms. The normalized spacial score (nSPS) is 37.0. The molecule has 0 saturated heterocycles. The third-order valence-electron chi connectivity index (χ3n) is 8.76. The molecular formula is C25H42O4. The molecular weight excluding hydrogens is 364 g/mol. The van der Waals surface area contributed by atoms with Crippen molar-refractivity contribution >= 4 is 11.9 Å². The summed E-state index contributed by atoms with van der Waals surface area (Å²) < 4.78 is 11.1. The van der Waals surface area contributed by atoms with E-state index in [2.05, 4.69) is 13.8 Å². The van der Waals surface area contributed by atoms with Crippen LogP contribution in [-0.2, 0) is 19.1 Å². The summed E-state index contributed by atoms with van der Waals surface area (Å²) in [6.07, 6.45) is 7.56. The molecule has 29 heavy (non-hydrogen) atoms. The maximum absolute atomic E-state index is 12.4. The number of fused-ring (bicyclic) bond motifs is 9. The van der Waals surface area contributed by atoms with Gasteiger partial charge in [0.1, 0.15) is 5.60 Å². The van der Waals surface area contributed by atoms with Crippen LogP contribution in [0.25, 0.3) is 0 Å². The molecule has 0 N–H and O–H groups in total. The fourth-order valence-corrected chi connectivity index (χ4v) is 7.23. The van der Waals surface area contributed by atoms with E-state index in [0.29, 0.717) is 12.3 Å². The summed E-state index contributed by atoms with van der Waals surface area (Å²) in [4.78, 5) is 24.5. The summed E-state index contributed by atoms with van der Waals surface area (Å²) in [7, 11) is 0. The molecule has 4 aliphatic carbocycles. The SMILES string of the molecule is CC.CCC(C)(C)C(=O)OCC(=O)OC(C)(C)C1CC2CC1C1C3CCC(C3)C21. The fourth-order valence-electron chi connectivity index (χ4n) is 7.23. The minimum Gasteiger partial charge on any atom is -0.457 e. The molecule has 166 valence electrons. The van der Waals surface area contributed by atoms with E-state index < -0.39 is 17.0 Å². The highest BCUT2D eigenvalue weighted by Gasteiger charge is 2.64. The van der Waals surface area contributed by atoms with Crippen molar-refractivity contribution in [1.82, 2.24) is 0 Å². The number of rotatable bonds is 6. The molecule has 0 heterocycles. The Labute approximate surface area is 177 Å². The molecule has 0 aromatic rings. The van der Waals surface area contributed by atoms with Crippen LogP contribution in [0.2, 0.25) is 0 Å². The molecule has 7 unspecified atom stereocenters. The molecule has 0 radical (unpaired) electrons. The van der Waals surface area contributed by atoms with Crippen molar-refractivity contribution in [2.45, 2.75) is 92.6 Å². The maximum atomic E-state index is 12.4. The fraction of sp³-hybridized carbons (Fsp3) is 0.920. The van der Waals surface area contributed by atoms with Crippen LogP contribution < -0.4 is 0 Å². The van der Waals surface area contributed by atoms with Crippen LogP contribution in [0.4, 0.5) is 0 Å². The molecule has 4 nitrogen and oxygen atoms in total. The Morgan fingerprint density at radius 2 is 1.52 bits per heavy atom. The summed E-state index contributed by atoms with van der Waals surface area (Å²) in [6, 6.07) is 0. The zero-order chi connectivity index (χ0) is 21.6. The summed E-state index contributed by atoms with van der Waals surface area (Å²) in [5.41, 5.74) is -1.03. The van der Waals surface area contributed by atoms with Gasteiger partial charge in [-0.15, -0.1) is 0 Å². The van der Waals surface area contributed by atoms with Gasteiger partial charge in [-0.2, -0.15) is 0 Å². The van der Waals surface area contributed by atoms with Crippen molar-refractivity contribution in [2.24, 2.45) is 46.8 Å². The summed E-state index contributed by atoms with van der Waals surface area (Å²) in [6.45, 7) is 13.5. The lowest BCUT2D eigenvalue weighted by Gasteiger charge is -2.44. The molecule has 7 atom stereocenters. The lowest BCUT2D eigenvalue weighted by molar-refractivity contribution is -0.177. The van der Waals surface area contributed by atoms with Crippen LogP contribution >= 0.6 is 0 Å². The highest BCUT2D eigenvalue weighted by Crippen LogP contribution is 2.70. The number of esters is 2. The van der Waals surface area contributed by atoms with Crippen LogP contribution in [0.1, 0.15) is 87.0 Å². The molecule has 0 aromatic heterocycles. The Bertz CT molecular complexity index is 622. The van der Waals surface area contributed by atoms with Crippen LogP contribution in [0.5, 0.6) is 0 Å². The molecule has 0 aromatic carbocycles. The molecule has 0 amide bonds. The third kappa shape index (κ3) is 3.97. The average molecular weight is 407 g/mol. The highest BCUT2D eigenvalue weighted by atomic mass is 16.6. The van der Waals surface area contributed by atoms with Gasteiger partial charge in [-0.1, -0.05) is 20.8 Å². The van der Waals surface area contributed by atoms with Crippen LogP contribution in [0.3, 0.4) is 0 Å². The second-order valence-corrected chi connectivity index (χ2v) is 10.9. The lowest BCUT2D eigenvalue weighted by Crippen LogP contribution is -2.45. The van der Waals surface area contributed by atoms with E-state index in [4.69, 9.17) is 9.47 Å². The quantitative estimate of drug-likeness (QED) is 0.423. The van der Waals surface area contributed by atoms with Crippen molar-refractivity contribution < 1.29 is 19.1 Å². The molecule has 4 rings (SSSR count). The Morgan fingerprint density at radius 1 is 0.897 bits per heavy atom. The standard InChI is InChI=1S/C23H36O4.C2H6/c1-6-22(2,3)21(25)26-12-18(24)27-23(4,5)17-11-15-10-16(17)20-14-8-7-13(9-14)19(15)20;1-2/h13-17,19-20H,6-12H2,1-5H3;1-2H3. The van der Waals surface area contributed by atoms with Gasteiger partial charge < -0.3 is 9.47 Å². The van der Waals surface area contributed by atoms with E-state index in [-0.39, 0.29) is 12.6 Å². The van der Waals surface area contributed by atoms with Crippen molar-refractivity contribution in [3.63, 3.8) is 0 Å². The van der Waals surface area contributed by atoms with Gasteiger partial charge in [0, 0.05) is 5.92 Å². The minimum absolute atomic E-state index is 0.275.